The second-order valence-corrected chi connectivity index (χ2v) is 4.30. The van der Waals surface area contributed by atoms with E-state index in [-0.39, 0.29) is 5.82 Å². The van der Waals surface area contributed by atoms with Crippen LogP contribution in [0.15, 0.2) is 30.9 Å². The molecule has 0 spiro atoms. The van der Waals surface area contributed by atoms with Crippen LogP contribution in [0.1, 0.15) is 24.0 Å². The number of allylic oxidation sites excluding steroid dienone is 1. The van der Waals surface area contributed by atoms with Crippen molar-refractivity contribution in [2.75, 3.05) is 13.6 Å². The Morgan fingerprint density at radius 3 is 2.88 bits per heavy atom. The van der Waals surface area contributed by atoms with Gasteiger partial charge in [-0.1, -0.05) is 18.2 Å². The van der Waals surface area contributed by atoms with Gasteiger partial charge in [0.2, 0.25) is 0 Å². The van der Waals surface area contributed by atoms with Crippen LogP contribution in [0.4, 0.5) is 4.39 Å². The molecule has 0 amide bonds. The van der Waals surface area contributed by atoms with E-state index in [0.717, 1.165) is 24.9 Å². The summed E-state index contributed by atoms with van der Waals surface area (Å²) in [5.74, 6) is -0.155. The Bertz CT molecular complexity index is 363. The molecule has 1 rings (SSSR count). The van der Waals surface area contributed by atoms with Crippen molar-refractivity contribution < 1.29 is 4.39 Å². The maximum Gasteiger partial charge on any atom is 0.127 e. The highest BCUT2D eigenvalue weighted by Gasteiger charge is 2.06. The van der Waals surface area contributed by atoms with Crippen molar-refractivity contribution in [2.24, 2.45) is 5.73 Å². The summed E-state index contributed by atoms with van der Waals surface area (Å²) >= 11 is 0. The number of halogens is 1. The monoisotopic (exact) mass is 236 g/mol. The van der Waals surface area contributed by atoms with E-state index < -0.39 is 0 Å². The van der Waals surface area contributed by atoms with E-state index in [1.165, 1.54) is 6.07 Å². The highest BCUT2D eigenvalue weighted by atomic mass is 19.1. The lowest BCUT2D eigenvalue weighted by Gasteiger charge is -2.17. The summed E-state index contributed by atoms with van der Waals surface area (Å²) in [7, 11) is 2.00. The quantitative estimate of drug-likeness (QED) is 0.582. The number of nitrogens with two attached hydrogens (primary N) is 1. The molecular formula is C14H21FN2. The normalized spacial score (nSPS) is 10.8. The molecule has 2 N–H and O–H groups in total. The van der Waals surface area contributed by atoms with Crippen molar-refractivity contribution >= 4 is 0 Å². The molecule has 2 nitrogen and oxygen atoms in total. The molecule has 0 fully saturated rings. The summed E-state index contributed by atoms with van der Waals surface area (Å²) in [6.45, 7) is 5.70. The molecule has 17 heavy (non-hydrogen) atoms. The summed E-state index contributed by atoms with van der Waals surface area (Å²) in [5.41, 5.74) is 7.24. The minimum atomic E-state index is -0.155. The highest BCUT2D eigenvalue weighted by Crippen LogP contribution is 2.12. The lowest BCUT2D eigenvalue weighted by Crippen LogP contribution is -2.20. The Morgan fingerprint density at radius 1 is 1.47 bits per heavy atom. The molecule has 0 saturated carbocycles. The van der Waals surface area contributed by atoms with Crippen LogP contribution >= 0.6 is 0 Å². The molecule has 0 aliphatic carbocycles. The summed E-state index contributed by atoms with van der Waals surface area (Å²) in [5, 5.41) is 0. The number of hydrogen-bond donors (Lipinski definition) is 1. The van der Waals surface area contributed by atoms with Crippen LogP contribution < -0.4 is 5.73 Å². The molecule has 0 aromatic heterocycles. The third-order valence-corrected chi connectivity index (χ3v) is 2.73. The van der Waals surface area contributed by atoms with Crippen LogP contribution in [0.2, 0.25) is 0 Å². The van der Waals surface area contributed by atoms with Crippen LogP contribution in [0.3, 0.4) is 0 Å². The zero-order valence-corrected chi connectivity index (χ0v) is 10.5. The van der Waals surface area contributed by atoms with Gasteiger partial charge in [0.25, 0.3) is 0 Å². The van der Waals surface area contributed by atoms with Crippen LogP contribution in [-0.2, 0) is 13.1 Å². The van der Waals surface area contributed by atoms with Gasteiger partial charge < -0.3 is 10.6 Å². The number of unbranched alkanes of at least 4 members (excludes halogenated alkanes) is 1. The van der Waals surface area contributed by atoms with E-state index in [9.17, 15) is 4.39 Å². The first kappa shape index (κ1) is 13.9. The zero-order chi connectivity index (χ0) is 12.7. The first-order valence-electron chi connectivity index (χ1n) is 5.94. The molecule has 3 heteroatoms. The Balaban J connectivity index is 2.57. The molecule has 0 aliphatic rings. The molecule has 0 saturated heterocycles. The van der Waals surface area contributed by atoms with E-state index in [1.54, 1.807) is 6.07 Å². The van der Waals surface area contributed by atoms with Crippen LogP contribution in [0, 0.1) is 5.82 Å². The fourth-order valence-corrected chi connectivity index (χ4v) is 1.75. The van der Waals surface area contributed by atoms with Crippen LogP contribution in [0.25, 0.3) is 0 Å². The maximum atomic E-state index is 13.6. The molecular weight excluding hydrogens is 215 g/mol. The van der Waals surface area contributed by atoms with Crippen molar-refractivity contribution in [1.82, 2.24) is 4.90 Å². The van der Waals surface area contributed by atoms with Gasteiger partial charge >= 0.3 is 0 Å². The summed E-state index contributed by atoms with van der Waals surface area (Å²) in [6.07, 6.45) is 3.96. The number of benzene rings is 1. The van der Waals surface area contributed by atoms with Crippen molar-refractivity contribution in [2.45, 2.75) is 25.9 Å². The Hall–Kier alpha value is -1.19. The first-order valence-corrected chi connectivity index (χ1v) is 5.94. The Morgan fingerprint density at radius 2 is 2.24 bits per heavy atom. The topological polar surface area (TPSA) is 29.3 Å². The van der Waals surface area contributed by atoms with Gasteiger partial charge in [0, 0.05) is 18.7 Å². The molecule has 0 aliphatic heterocycles. The second-order valence-electron chi connectivity index (χ2n) is 4.30. The standard InChI is InChI=1S/C14H21FN2/c1-3-4-5-8-17(2)11-13-9-12(10-16)6-7-14(13)15/h3,6-7,9H,1,4-5,8,10-11,16H2,2H3. The molecule has 1 aromatic carbocycles. The minimum Gasteiger partial charge on any atom is -0.326 e. The number of hydrogen-bond acceptors (Lipinski definition) is 2. The molecule has 0 radical (unpaired) electrons. The Labute approximate surface area is 103 Å². The van der Waals surface area contributed by atoms with E-state index in [0.29, 0.717) is 18.7 Å². The first-order chi connectivity index (χ1) is 8.17. The van der Waals surface area contributed by atoms with Crippen molar-refractivity contribution in [3.8, 4) is 0 Å². The Kier molecular flexibility index (Phi) is 5.87. The van der Waals surface area contributed by atoms with Crippen LogP contribution in [0.5, 0.6) is 0 Å². The molecule has 94 valence electrons. The predicted octanol–water partition coefficient (Wildman–Crippen LogP) is 2.68. The van der Waals surface area contributed by atoms with Gasteiger partial charge in [-0.2, -0.15) is 0 Å². The van der Waals surface area contributed by atoms with Crippen molar-refractivity contribution in [3.63, 3.8) is 0 Å². The molecule has 1 aromatic rings. The largest absolute Gasteiger partial charge is 0.326 e. The fourth-order valence-electron chi connectivity index (χ4n) is 1.75. The minimum absolute atomic E-state index is 0.155. The summed E-state index contributed by atoms with van der Waals surface area (Å²) < 4.78 is 13.6. The molecule has 0 heterocycles. The smallest absolute Gasteiger partial charge is 0.127 e. The fraction of sp³-hybridized carbons (Fsp3) is 0.429. The number of rotatable bonds is 7. The van der Waals surface area contributed by atoms with E-state index in [2.05, 4.69) is 11.5 Å². The van der Waals surface area contributed by atoms with Gasteiger partial charge in [0.1, 0.15) is 5.82 Å². The maximum absolute atomic E-state index is 13.6. The molecule has 0 unspecified atom stereocenters. The third kappa shape index (κ3) is 4.67. The van der Waals surface area contributed by atoms with Gasteiger partial charge in [-0.3, -0.25) is 0 Å². The van der Waals surface area contributed by atoms with E-state index in [4.69, 9.17) is 5.73 Å². The van der Waals surface area contributed by atoms with Crippen molar-refractivity contribution in [1.29, 1.82) is 0 Å². The summed E-state index contributed by atoms with van der Waals surface area (Å²) in [6, 6.07) is 5.07. The summed E-state index contributed by atoms with van der Waals surface area (Å²) in [4.78, 5) is 2.11. The van der Waals surface area contributed by atoms with Gasteiger partial charge in [-0.25, -0.2) is 4.39 Å². The third-order valence-electron chi connectivity index (χ3n) is 2.73. The highest BCUT2D eigenvalue weighted by molar-refractivity contribution is 5.24. The van der Waals surface area contributed by atoms with Gasteiger partial charge in [0.15, 0.2) is 0 Å². The molecule has 0 atom stereocenters. The van der Waals surface area contributed by atoms with Gasteiger partial charge in [-0.15, -0.1) is 6.58 Å². The van der Waals surface area contributed by atoms with Crippen molar-refractivity contribution in [3.05, 3.63) is 47.8 Å². The van der Waals surface area contributed by atoms with E-state index >= 15 is 0 Å². The van der Waals surface area contributed by atoms with E-state index in [1.807, 2.05) is 19.2 Å². The average molecular weight is 236 g/mol. The number of nitrogens with zero attached hydrogens (tertiary/aromatic N) is 1. The predicted molar refractivity (Wildman–Crippen MR) is 70.1 cm³/mol. The SMILES string of the molecule is C=CCCCN(C)Cc1cc(CN)ccc1F. The average Bonchev–Trinajstić information content (AvgIpc) is 2.32. The second kappa shape index (κ2) is 7.20. The van der Waals surface area contributed by atoms with Gasteiger partial charge in [-0.05, 0) is 38.1 Å². The lowest BCUT2D eigenvalue weighted by molar-refractivity contribution is 0.317. The zero-order valence-electron chi connectivity index (χ0n) is 10.5. The lowest BCUT2D eigenvalue weighted by atomic mass is 10.1. The van der Waals surface area contributed by atoms with Gasteiger partial charge in [0.05, 0.1) is 0 Å². The van der Waals surface area contributed by atoms with Crippen LogP contribution in [-0.4, -0.2) is 18.5 Å². The molecule has 0 bridgehead atoms.